The molecule has 0 saturated heterocycles. The minimum atomic E-state index is -0.278. The fourth-order valence-electron chi connectivity index (χ4n) is 1.73. The van der Waals surface area contributed by atoms with Crippen molar-refractivity contribution in [2.24, 2.45) is 7.05 Å². The highest BCUT2D eigenvalue weighted by molar-refractivity contribution is 7.99. The zero-order valence-electron chi connectivity index (χ0n) is 12.2. The molecule has 21 heavy (non-hydrogen) atoms. The van der Waals surface area contributed by atoms with Gasteiger partial charge < -0.3 is 14.0 Å². The van der Waals surface area contributed by atoms with Crippen LogP contribution in [0.2, 0.25) is 0 Å². The quantitative estimate of drug-likeness (QED) is 0.597. The number of carbonyl (C=O) groups is 1. The lowest BCUT2D eigenvalue weighted by Gasteiger charge is -2.05. The van der Waals surface area contributed by atoms with Crippen molar-refractivity contribution in [1.29, 1.82) is 0 Å². The minimum Gasteiger partial charge on any atom is -0.497 e. The Kier molecular flexibility index (Phi) is 5.21. The molecule has 2 rings (SSSR count). The van der Waals surface area contributed by atoms with Gasteiger partial charge in [0, 0.05) is 13.5 Å². The average Bonchev–Trinajstić information content (AvgIpc) is 2.86. The standard InChI is InChI=1S/C14H17N3O3S/c1-17-12(8-10-4-6-11(19-2)7-5-10)15-16-14(17)21-9-13(18)20-3/h4-7H,8-9H2,1-3H3. The number of aromatic nitrogens is 3. The van der Waals surface area contributed by atoms with E-state index in [4.69, 9.17) is 4.74 Å². The van der Waals surface area contributed by atoms with Gasteiger partial charge >= 0.3 is 5.97 Å². The Hall–Kier alpha value is -2.02. The number of thioether (sulfide) groups is 1. The van der Waals surface area contributed by atoms with Crippen molar-refractivity contribution in [2.45, 2.75) is 11.6 Å². The lowest BCUT2D eigenvalue weighted by atomic mass is 10.1. The number of carbonyl (C=O) groups excluding carboxylic acids is 1. The first kappa shape index (κ1) is 15.4. The smallest absolute Gasteiger partial charge is 0.316 e. The van der Waals surface area contributed by atoms with Gasteiger partial charge in [-0.2, -0.15) is 0 Å². The van der Waals surface area contributed by atoms with Crippen molar-refractivity contribution >= 4 is 17.7 Å². The molecule has 0 aliphatic rings. The molecule has 7 heteroatoms. The molecule has 0 N–H and O–H groups in total. The van der Waals surface area contributed by atoms with E-state index in [0.29, 0.717) is 11.6 Å². The Bertz CT molecular complexity index is 610. The van der Waals surface area contributed by atoms with Crippen LogP contribution in [0.4, 0.5) is 0 Å². The van der Waals surface area contributed by atoms with Crippen molar-refractivity contribution in [3.05, 3.63) is 35.7 Å². The van der Waals surface area contributed by atoms with Crippen molar-refractivity contribution in [3.63, 3.8) is 0 Å². The third kappa shape index (κ3) is 3.98. The van der Waals surface area contributed by atoms with Gasteiger partial charge in [0.05, 0.1) is 20.0 Å². The van der Waals surface area contributed by atoms with Crippen LogP contribution in [-0.2, 0) is 23.0 Å². The Morgan fingerprint density at radius 2 is 1.95 bits per heavy atom. The molecular weight excluding hydrogens is 290 g/mol. The molecule has 0 saturated carbocycles. The van der Waals surface area contributed by atoms with Crippen LogP contribution in [0.15, 0.2) is 29.4 Å². The summed E-state index contributed by atoms with van der Waals surface area (Å²) < 4.78 is 11.6. The summed E-state index contributed by atoms with van der Waals surface area (Å²) in [5.74, 6) is 1.61. The van der Waals surface area contributed by atoms with Crippen LogP contribution < -0.4 is 4.74 Å². The summed E-state index contributed by atoms with van der Waals surface area (Å²) in [6, 6.07) is 7.82. The Labute approximate surface area is 127 Å². The van der Waals surface area contributed by atoms with Crippen LogP contribution in [0.5, 0.6) is 5.75 Å². The van der Waals surface area contributed by atoms with Crippen LogP contribution in [0.1, 0.15) is 11.4 Å². The van der Waals surface area contributed by atoms with Crippen LogP contribution >= 0.6 is 11.8 Å². The number of esters is 1. The average molecular weight is 307 g/mol. The molecule has 112 valence electrons. The fraction of sp³-hybridized carbons (Fsp3) is 0.357. The number of nitrogens with zero attached hydrogens (tertiary/aromatic N) is 3. The normalized spacial score (nSPS) is 10.4. The second-order valence-corrected chi connectivity index (χ2v) is 5.29. The Morgan fingerprint density at radius 1 is 1.24 bits per heavy atom. The summed E-state index contributed by atoms with van der Waals surface area (Å²) in [7, 11) is 4.90. The second-order valence-electron chi connectivity index (χ2n) is 4.35. The zero-order valence-corrected chi connectivity index (χ0v) is 13.0. The van der Waals surface area contributed by atoms with E-state index in [1.807, 2.05) is 35.9 Å². The molecule has 0 aliphatic carbocycles. The molecule has 0 unspecified atom stereocenters. The Balaban J connectivity index is 2.03. The van der Waals surface area contributed by atoms with E-state index in [0.717, 1.165) is 17.1 Å². The molecule has 1 aromatic heterocycles. The van der Waals surface area contributed by atoms with Crippen molar-refractivity contribution in [3.8, 4) is 5.75 Å². The topological polar surface area (TPSA) is 66.2 Å². The molecule has 0 radical (unpaired) electrons. The fourth-order valence-corrected chi connectivity index (χ4v) is 2.50. The van der Waals surface area contributed by atoms with E-state index < -0.39 is 0 Å². The number of rotatable bonds is 6. The Morgan fingerprint density at radius 3 is 2.57 bits per heavy atom. The number of benzene rings is 1. The lowest BCUT2D eigenvalue weighted by molar-refractivity contribution is -0.137. The highest BCUT2D eigenvalue weighted by atomic mass is 32.2. The number of ether oxygens (including phenoxy) is 2. The van der Waals surface area contributed by atoms with Gasteiger partial charge in [-0.1, -0.05) is 23.9 Å². The summed E-state index contributed by atoms with van der Waals surface area (Å²) in [6.45, 7) is 0. The molecule has 0 spiro atoms. The number of hydrogen-bond donors (Lipinski definition) is 0. The molecule has 2 aromatic rings. The van der Waals surface area contributed by atoms with E-state index in [1.54, 1.807) is 7.11 Å². The zero-order chi connectivity index (χ0) is 15.2. The molecule has 0 atom stereocenters. The van der Waals surface area contributed by atoms with Gasteiger partial charge in [0.15, 0.2) is 5.16 Å². The molecule has 1 heterocycles. The third-order valence-corrected chi connectivity index (χ3v) is 3.99. The van der Waals surface area contributed by atoms with Crippen molar-refractivity contribution in [2.75, 3.05) is 20.0 Å². The second kappa shape index (κ2) is 7.12. The van der Waals surface area contributed by atoms with E-state index >= 15 is 0 Å². The molecular formula is C14H17N3O3S. The first-order valence-corrected chi connectivity index (χ1v) is 7.33. The molecule has 0 fully saturated rings. The highest BCUT2D eigenvalue weighted by Crippen LogP contribution is 2.18. The van der Waals surface area contributed by atoms with Crippen LogP contribution in [0.25, 0.3) is 0 Å². The van der Waals surface area contributed by atoms with Gasteiger partial charge in [-0.15, -0.1) is 10.2 Å². The summed E-state index contributed by atoms with van der Waals surface area (Å²) >= 11 is 1.31. The van der Waals surface area contributed by atoms with Crippen LogP contribution in [-0.4, -0.2) is 40.7 Å². The van der Waals surface area contributed by atoms with Gasteiger partial charge in [-0.25, -0.2) is 0 Å². The summed E-state index contributed by atoms with van der Waals surface area (Å²) in [5, 5.41) is 8.96. The molecule has 0 bridgehead atoms. The van der Waals surface area contributed by atoms with E-state index in [9.17, 15) is 4.79 Å². The monoisotopic (exact) mass is 307 g/mol. The maximum absolute atomic E-state index is 11.1. The van der Waals surface area contributed by atoms with Gasteiger partial charge in [-0.05, 0) is 17.7 Å². The molecule has 1 aromatic carbocycles. The molecule has 0 amide bonds. The first-order chi connectivity index (χ1) is 10.1. The SMILES string of the molecule is COC(=O)CSc1nnc(Cc2ccc(OC)cc2)n1C. The third-order valence-electron chi connectivity index (χ3n) is 2.99. The van der Waals surface area contributed by atoms with Gasteiger partial charge in [0.1, 0.15) is 11.6 Å². The van der Waals surface area contributed by atoms with Gasteiger partial charge in [0.2, 0.25) is 0 Å². The lowest BCUT2D eigenvalue weighted by Crippen LogP contribution is -2.05. The summed E-state index contributed by atoms with van der Waals surface area (Å²) in [6.07, 6.45) is 0.673. The maximum Gasteiger partial charge on any atom is 0.316 e. The van der Waals surface area contributed by atoms with Crippen molar-refractivity contribution in [1.82, 2.24) is 14.8 Å². The minimum absolute atomic E-state index is 0.227. The number of hydrogen-bond acceptors (Lipinski definition) is 6. The number of methoxy groups -OCH3 is 2. The van der Waals surface area contributed by atoms with E-state index in [2.05, 4.69) is 14.9 Å². The van der Waals surface area contributed by atoms with Crippen molar-refractivity contribution < 1.29 is 14.3 Å². The highest BCUT2D eigenvalue weighted by Gasteiger charge is 2.12. The summed E-state index contributed by atoms with van der Waals surface area (Å²) in [5.41, 5.74) is 1.12. The summed E-state index contributed by atoms with van der Waals surface area (Å²) in [4.78, 5) is 11.1. The first-order valence-electron chi connectivity index (χ1n) is 6.35. The predicted molar refractivity (Wildman–Crippen MR) is 79.5 cm³/mol. The van der Waals surface area contributed by atoms with E-state index in [-0.39, 0.29) is 11.7 Å². The maximum atomic E-state index is 11.1. The largest absolute Gasteiger partial charge is 0.497 e. The predicted octanol–water partition coefficient (Wildman–Crippen LogP) is 1.68. The van der Waals surface area contributed by atoms with Crippen LogP contribution in [0.3, 0.4) is 0 Å². The van der Waals surface area contributed by atoms with Crippen LogP contribution in [0, 0.1) is 0 Å². The molecule has 0 aliphatic heterocycles. The van der Waals surface area contributed by atoms with Gasteiger partial charge in [-0.3, -0.25) is 4.79 Å². The van der Waals surface area contributed by atoms with Gasteiger partial charge in [0.25, 0.3) is 0 Å². The van der Waals surface area contributed by atoms with E-state index in [1.165, 1.54) is 18.9 Å². The molecule has 6 nitrogen and oxygen atoms in total.